The molecule has 0 fully saturated rings. The van der Waals surface area contributed by atoms with E-state index in [9.17, 15) is 9.46 Å². The van der Waals surface area contributed by atoms with Crippen molar-refractivity contribution in [3.63, 3.8) is 0 Å². The van der Waals surface area contributed by atoms with E-state index in [2.05, 4.69) is 18.4 Å². The van der Waals surface area contributed by atoms with E-state index in [0.717, 1.165) is 18.8 Å². The molecule has 0 amide bonds. The van der Waals surface area contributed by atoms with Crippen LogP contribution in [0, 0.1) is 5.92 Å². The summed E-state index contributed by atoms with van der Waals surface area (Å²) < 4.78 is 14.4. The van der Waals surface area contributed by atoms with Crippen molar-refractivity contribution in [1.29, 1.82) is 0 Å². The molecule has 0 rings (SSSR count). The molecule has 1 atom stereocenters. The summed E-state index contributed by atoms with van der Waals surface area (Å²) in [6.07, 6.45) is 5.11. The Morgan fingerprint density at radius 1 is 1.27 bits per heavy atom. The van der Waals surface area contributed by atoms with Gasteiger partial charge in [0.25, 0.3) is 7.82 Å². The normalized spacial score (nSPS) is 14.7. The van der Waals surface area contributed by atoms with Crippen LogP contribution in [0.3, 0.4) is 0 Å². The van der Waals surface area contributed by atoms with Crippen LogP contribution in [0.1, 0.15) is 46.0 Å². The van der Waals surface area contributed by atoms with E-state index in [1.54, 1.807) is 0 Å². The average Bonchev–Trinajstić information content (AvgIpc) is 2.00. The van der Waals surface area contributed by atoms with Gasteiger partial charge in [-0.25, -0.2) is 0 Å². The maximum Gasteiger partial charge on any atom is 1.00 e. The molecule has 0 aliphatic rings. The molecule has 0 spiro atoms. The fourth-order valence-electron chi connectivity index (χ4n) is 1.19. The summed E-state index contributed by atoms with van der Waals surface area (Å²) in [5.74, 6) is 0.727. The van der Waals surface area contributed by atoms with Gasteiger partial charge >= 0.3 is 51.4 Å². The van der Waals surface area contributed by atoms with Crippen molar-refractivity contribution < 1.29 is 70.3 Å². The summed E-state index contributed by atoms with van der Waals surface area (Å²) in [5.41, 5.74) is 0. The predicted molar refractivity (Wildman–Crippen MR) is 53.7 cm³/mol. The van der Waals surface area contributed by atoms with Crippen molar-refractivity contribution >= 4 is 7.82 Å². The molecule has 0 radical (unpaired) electrons. The van der Waals surface area contributed by atoms with Gasteiger partial charge in [-0.1, -0.05) is 39.5 Å². The second-order valence-electron chi connectivity index (χ2n) is 3.90. The van der Waals surface area contributed by atoms with Gasteiger partial charge in [0, 0.05) is 0 Å². The van der Waals surface area contributed by atoms with Crippen LogP contribution < -0.4 is 56.3 Å². The van der Waals surface area contributed by atoms with Gasteiger partial charge in [0.2, 0.25) is 0 Å². The number of unbranched alkanes of at least 4 members (excludes halogenated alkanes) is 3. The zero-order valence-corrected chi connectivity index (χ0v) is 14.0. The van der Waals surface area contributed by atoms with Gasteiger partial charge in [-0.3, -0.25) is 4.57 Å². The second-order valence-corrected chi connectivity index (χ2v) is 5.09. The van der Waals surface area contributed by atoms with Crippen molar-refractivity contribution in [3.8, 4) is 0 Å². The van der Waals surface area contributed by atoms with Crippen LogP contribution in [-0.4, -0.2) is 11.5 Å². The zero-order valence-electron chi connectivity index (χ0n) is 9.94. The van der Waals surface area contributed by atoms with Crippen molar-refractivity contribution in [2.24, 2.45) is 5.92 Å². The molecule has 0 heterocycles. The van der Waals surface area contributed by atoms with E-state index < -0.39 is 7.82 Å². The summed E-state index contributed by atoms with van der Waals surface area (Å²) in [5, 5.41) is 0. The van der Waals surface area contributed by atoms with E-state index in [1.165, 1.54) is 12.8 Å². The summed E-state index contributed by atoms with van der Waals surface area (Å²) in [6, 6.07) is 0. The van der Waals surface area contributed by atoms with Gasteiger partial charge in [-0.05, 0) is 12.3 Å². The third kappa shape index (κ3) is 18.3. The Labute approximate surface area is 135 Å². The molecule has 0 saturated heterocycles. The molecular formula is C9H20KO4P. The van der Waals surface area contributed by atoms with Gasteiger partial charge in [0.05, 0.1) is 6.61 Å². The Morgan fingerprint density at radius 2 is 1.80 bits per heavy atom. The van der Waals surface area contributed by atoms with E-state index in [4.69, 9.17) is 4.89 Å². The fraction of sp³-hybridized carbons (Fsp3) is 1.00. The van der Waals surface area contributed by atoms with Gasteiger partial charge in [-0.2, -0.15) is 0 Å². The molecule has 0 aliphatic heterocycles. The van der Waals surface area contributed by atoms with Gasteiger partial charge in [0.1, 0.15) is 0 Å². The molecule has 15 heavy (non-hydrogen) atoms. The molecular weight excluding hydrogens is 242 g/mol. The van der Waals surface area contributed by atoms with E-state index in [-0.39, 0.29) is 58.0 Å². The first-order valence-electron chi connectivity index (χ1n) is 5.10. The third-order valence-electron chi connectivity index (χ3n) is 1.93. The topological polar surface area (TPSA) is 69.6 Å². The molecule has 1 N–H and O–H groups in total. The molecule has 0 aliphatic carbocycles. The Morgan fingerprint density at radius 3 is 2.27 bits per heavy atom. The summed E-state index contributed by atoms with van der Waals surface area (Å²) >= 11 is 0. The zero-order chi connectivity index (χ0) is 11.0. The smallest absolute Gasteiger partial charge is 0.756 e. The predicted octanol–water partition coefficient (Wildman–Crippen LogP) is -0.926. The molecule has 4 nitrogen and oxygen atoms in total. The Balaban J connectivity index is 0. The Hall–Kier alpha value is 1.75. The minimum Gasteiger partial charge on any atom is -0.756 e. The minimum absolute atomic E-state index is 0. The largest absolute Gasteiger partial charge is 1.00 e. The molecule has 0 aromatic heterocycles. The van der Waals surface area contributed by atoms with Crippen molar-refractivity contribution in [1.82, 2.24) is 0 Å². The fourth-order valence-corrected chi connectivity index (χ4v) is 1.55. The molecule has 0 aromatic carbocycles. The van der Waals surface area contributed by atoms with Crippen LogP contribution in [0.25, 0.3) is 0 Å². The van der Waals surface area contributed by atoms with Crippen LogP contribution in [0.5, 0.6) is 0 Å². The Bertz CT molecular complexity index is 181. The SMILES string of the molecule is CC(C)CCCCCCOP(=O)([O-])O.[K+]. The number of hydrogen-bond acceptors (Lipinski definition) is 3. The second kappa shape index (κ2) is 10.9. The average molecular weight is 262 g/mol. The third-order valence-corrected chi connectivity index (χ3v) is 2.44. The summed E-state index contributed by atoms with van der Waals surface area (Å²) in [6.45, 7) is 4.46. The number of phosphoric acid groups is 1. The minimum atomic E-state index is -4.49. The monoisotopic (exact) mass is 262 g/mol. The quantitative estimate of drug-likeness (QED) is 0.349. The van der Waals surface area contributed by atoms with Gasteiger partial charge in [0.15, 0.2) is 0 Å². The van der Waals surface area contributed by atoms with E-state index >= 15 is 0 Å². The first kappa shape index (κ1) is 19.1. The summed E-state index contributed by atoms with van der Waals surface area (Å²) in [7, 11) is -4.49. The van der Waals surface area contributed by atoms with Gasteiger partial charge in [-0.15, -0.1) is 0 Å². The van der Waals surface area contributed by atoms with Crippen LogP contribution in [0.4, 0.5) is 0 Å². The molecule has 86 valence electrons. The van der Waals surface area contributed by atoms with Crippen LogP contribution >= 0.6 is 7.82 Å². The van der Waals surface area contributed by atoms with Crippen LogP contribution in [0.2, 0.25) is 0 Å². The Kier molecular flexibility index (Phi) is 13.8. The number of phosphoric ester groups is 1. The van der Waals surface area contributed by atoms with Crippen molar-refractivity contribution in [3.05, 3.63) is 0 Å². The molecule has 0 aromatic rings. The van der Waals surface area contributed by atoms with Crippen LogP contribution in [-0.2, 0) is 9.09 Å². The molecule has 6 heteroatoms. The van der Waals surface area contributed by atoms with Crippen LogP contribution in [0.15, 0.2) is 0 Å². The standard InChI is InChI=1S/C9H21O4P.K/c1-9(2)7-5-3-4-6-8-13-14(10,11)12;/h9H,3-8H2,1-2H3,(H2,10,11,12);/q;+1/p-1. The first-order valence-corrected chi connectivity index (χ1v) is 6.59. The van der Waals surface area contributed by atoms with Crippen molar-refractivity contribution in [2.45, 2.75) is 46.0 Å². The molecule has 0 saturated carbocycles. The maximum absolute atomic E-state index is 10.2. The van der Waals surface area contributed by atoms with Crippen molar-refractivity contribution in [2.75, 3.05) is 6.61 Å². The summed E-state index contributed by atoms with van der Waals surface area (Å²) in [4.78, 5) is 18.4. The van der Waals surface area contributed by atoms with E-state index in [0.29, 0.717) is 6.42 Å². The number of rotatable bonds is 8. The molecule has 0 bridgehead atoms. The maximum atomic E-state index is 10.2. The van der Waals surface area contributed by atoms with Gasteiger partial charge < -0.3 is 14.3 Å². The number of hydrogen-bond donors (Lipinski definition) is 1. The molecule has 1 unspecified atom stereocenters. The van der Waals surface area contributed by atoms with E-state index in [1.807, 2.05) is 0 Å². The first-order chi connectivity index (χ1) is 6.42.